The molecule has 0 radical (unpaired) electrons. The fraction of sp³-hybridized carbons (Fsp3) is 0.105. The number of carbonyl (C=O) groups is 2. The number of hydrazine groups is 1. The van der Waals surface area contributed by atoms with Crippen molar-refractivity contribution in [1.29, 1.82) is 0 Å². The lowest BCUT2D eigenvalue weighted by Crippen LogP contribution is -2.41. The van der Waals surface area contributed by atoms with Crippen LogP contribution >= 0.6 is 11.3 Å². The summed E-state index contributed by atoms with van der Waals surface area (Å²) >= 11 is 1.18. The van der Waals surface area contributed by atoms with Crippen molar-refractivity contribution >= 4 is 23.2 Å². The van der Waals surface area contributed by atoms with E-state index >= 15 is 0 Å². The van der Waals surface area contributed by atoms with Gasteiger partial charge < -0.3 is 0 Å². The van der Waals surface area contributed by atoms with Gasteiger partial charge in [0.15, 0.2) is 0 Å². The summed E-state index contributed by atoms with van der Waals surface area (Å²) in [5.41, 5.74) is 7.39. The fourth-order valence-corrected chi connectivity index (χ4v) is 3.36. The standard InChI is InChI=1S/C19H16FN3O2S/c1-11-5-3-4-6-15(11)17(24)22-23-18(25)16-12(2)21-19(26-16)13-7-9-14(20)10-8-13/h3-10H,1-2H3,(H,22,24)(H,23,25). The molecule has 0 aliphatic heterocycles. The summed E-state index contributed by atoms with van der Waals surface area (Å²) in [5, 5.41) is 0.609. The van der Waals surface area contributed by atoms with Crippen LogP contribution in [0.2, 0.25) is 0 Å². The monoisotopic (exact) mass is 369 g/mol. The maximum atomic E-state index is 13.0. The topological polar surface area (TPSA) is 71.1 Å². The Hall–Kier alpha value is -3.06. The summed E-state index contributed by atoms with van der Waals surface area (Å²) in [6.45, 7) is 3.53. The van der Waals surface area contributed by atoms with Crippen LogP contribution in [0.4, 0.5) is 4.39 Å². The number of nitrogens with zero attached hydrogens (tertiary/aromatic N) is 1. The van der Waals surface area contributed by atoms with Gasteiger partial charge in [0.1, 0.15) is 15.7 Å². The van der Waals surface area contributed by atoms with Crippen molar-refractivity contribution in [1.82, 2.24) is 15.8 Å². The number of halogens is 1. The van der Waals surface area contributed by atoms with Gasteiger partial charge in [-0.2, -0.15) is 0 Å². The zero-order chi connectivity index (χ0) is 18.7. The number of rotatable bonds is 3. The molecule has 5 nitrogen and oxygen atoms in total. The zero-order valence-electron chi connectivity index (χ0n) is 14.2. The predicted molar refractivity (Wildman–Crippen MR) is 98.4 cm³/mol. The van der Waals surface area contributed by atoms with Crippen LogP contribution in [0.25, 0.3) is 10.6 Å². The predicted octanol–water partition coefficient (Wildman–Crippen LogP) is 3.64. The van der Waals surface area contributed by atoms with Gasteiger partial charge >= 0.3 is 0 Å². The van der Waals surface area contributed by atoms with Crippen molar-refractivity contribution in [2.75, 3.05) is 0 Å². The van der Waals surface area contributed by atoms with Crippen LogP contribution in [0.15, 0.2) is 48.5 Å². The lowest BCUT2D eigenvalue weighted by Gasteiger charge is -2.08. The minimum atomic E-state index is -0.449. The summed E-state index contributed by atoms with van der Waals surface area (Å²) in [5.74, 6) is -1.17. The van der Waals surface area contributed by atoms with Gasteiger partial charge in [-0.05, 0) is 49.7 Å². The molecule has 132 valence electrons. The Balaban J connectivity index is 1.71. The van der Waals surface area contributed by atoms with Crippen LogP contribution in [0.1, 0.15) is 31.3 Å². The average Bonchev–Trinajstić information content (AvgIpc) is 3.02. The second-order valence-electron chi connectivity index (χ2n) is 5.66. The summed E-state index contributed by atoms with van der Waals surface area (Å²) in [7, 11) is 0. The third kappa shape index (κ3) is 3.78. The Kier molecular flexibility index (Phi) is 5.09. The molecule has 0 saturated carbocycles. The highest BCUT2D eigenvalue weighted by molar-refractivity contribution is 7.17. The molecule has 7 heteroatoms. The van der Waals surface area contributed by atoms with E-state index in [2.05, 4.69) is 15.8 Å². The zero-order valence-corrected chi connectivity index (χ0v) is 15.0. The van der Waals surface area contributed by atoms with E-state index in [-0.39, 0.29) is 5.82 Å². The molecule has 0 fully saturated rings. The molecule has 0 aliphatic rings. The van der Waals surface area contributed by atoms with Crippen LogP contribution in [0.5, 0.6) is 0 Å². The molecule has 26 heavy (non-hydrogen) atoms. The minimum Gasteiger partial charge on any atom is -0.267 e. The highest BCUT2D eigenvalue weighted by Crippen LogP contribution is 2.27. The number of hydrogen-bond donors (Lipinski definition) is 2. The van der Waals surface area contributed by atoms with E-state index in [1.807, 2.05) is 19.1 Å². The van der Waals surface area contributed by atoms with Gasteiger partial charge in [-0.15, -0.1) is 11.3 Å². The van der Waals surface area contributed by atoms with Crippen LogP contribution in [0.3, 0.4) is 0 Å². The molecular formula is C19H16FN3O2S. The number of hydrogen-bond acceptors (Lipinski definition) is 4. The summed E-state index contributed by atoms with van der Waals surface area (Å²) in [4.78, 5) is 29.3. The van der Waals surface area contributed by atoms with Gasteiger partial charge in [-0.1, -0.05) is 18.2 Å². The maximum absolute atomic E-state index is 13.0. The third-order valence-electron chi connectivity index (χ3n) is 3.77. The number of aromatic nitrogens is 1. The summed E-state index contributed by atoms with van der Waals surface area (Å²) in [6.07, 6.45) is 0. The molecule has 0 saturated heterocycles. The smallest absolute Gasteiger partial charge is 0.267 e. The number of thiazole rings is 1. The molecule has 2 N–H and O–H groups in total. The quantitative estimate of drug-likeness (QED) is 0.693. The van der Waals surface area contributed by atoms with E-state index in [0.29, 0.717) is 21.1 Å². The van der Waals surface area contributed by atoms with Crippen molar-refractivity contribution in [3.8, 4) is 10.6 Å². The van der Waals surface area contributed by atoms with Crippen LogP contribution in [-0.4, -0.2) is 16.8 Å². The van der Waals surface area contributed by atoms with E-state index in [1.54, 1.807) is 31.2 Å². The largest absolute Gasteiger partial charge is 0.281 e. The van der Waals surface area contributed by atoms with E-state index < -0.39 is 11.8 Å². The van der Waals surface area contributed by atoms with Gasteiger partial charge in [0.25, 0.3) is 11.8 Å². The summed E-state index contributed by atoms with van der Waals surface area (Å²) < 4.78 is 13.0. The first-order valence-corrected chi connectivity index (χ1v) is 8.67. The molecule has 2 aromatic carbocycles. The first-order chi connectivity index (χ1) is 12.5. The normalized spacial score (nSPS) is 10.4. The number of amides is 2. The van der Waals surface area contributed by atoms with Crippen molar-refractivity contribution < 1.29 is 14.0 Å². The van der Waals surface area contributed by atoms with E-state index in [0.717, 1.165) is 11.1 Å². The van der Waals surface area contributed by atoms with Gasteiger partial charge in [0.05, 0.1) is 5.69 Å². The molecule has 1 aromatic heterocycles. The highest BCUT2D eigenvalue weighted by atomic mass is 32.1. The summed E-state index contributed by atoms with van der Waals surface area (Å²) in [6, 6.07) is 13.0. The molecule has 0 spiro atoms. The van der Waals surface area contributed by atoms with Crippen LogP contribution in [-0.2, 0) is 0 Å². The lowest BCUT2D eigenvalue weighted by atomic mass is 10.1. The van der Waals surface area contributed by atoms with E-state index in [4.69, 9.17) is 0 Å². The Bertz CT molecular complexity index is 967. The molecule has 0 atom stereocenters. The second-order valence-corrected chi connectivity index (χ2v) is 6.66. The average molecular weight is 369 g/mol. The molecule has 1 heterocycles. The third-order valence-corrected chi connectivity index (χ3v) is 4.98. The number of benzene rings is 2. The minimum absolute atomic E-state index is 0.334. The van der Waals surface area contributed by atoms with E-state index in [9.17, 15) is 14.0 Å². The molecule has 3 aromatic rings. The Labute approximate surface area is 153 Å². The number of nitrogens with one attached hydrogen (secondary N) is 2. The maximum Gasteiger partial charge on any atom is 0.281 e. The number of carbonyl (C=O) groups excluding carboxylic acids is 2. The van der Waals surface area contributed by atoms with Crippen molar-refractivity contribution in [2.24, 2.45) is 0 Å². The first-order valence-electron chi connectivity index (χ1n) is 7.85. The Morgan fingerprint density at radius 1 is 0.962 bits per heavy atom. The van der Waals surface area contributed by atoms with Crippen LogP contribution < -0.4 is 10.9 Å². The molecule has 0 unspecified atom stereocenters. The molecule has 0 bridgehead atoms. The van der Waals surface area contributed by atoms with Gasteiger partial charge in [-0.3, -0.25) is 20.4 Å². The molecular weight excluding hydrogens is 353 g/mol. The van der Waals surface area contributed by atoms with Crippen molar-refractivity contribution in [2.45, 2.75) is 13.8 Å². The van der Waals surface area contributed by atoms with E-state index in [1.165, 1.54) is 23.5 Å². The van der Waals surface area contributed by atoms with Crippen LogP contribution in [0, 0.1) is 19.7 Å². The SMILES string of the molecule is Cc1ccccc1C(=O)NNC(=O)c1sc(-c2ccc(F)cc2)nc1C. The fourth-order valence-electron chi connectivity index (χ4n) is 2.39. The number of aryl methyl sites for hydroxylation is 2. The Morgan fingerprint density at radius 3 is 2.31 bits per heavy atom. The lowest BCUT2D eigenvalue weighted by molar-refractivity contribution is 0.0848. The Morgan fingerprint density at radius 2 is 1.62 bits per heavy atom. The van der Waals surface area contributed by atoms with Crippen molar-refractivity contribution in [3.63, 3.8) is 0 Å². The first kappa shape index (κ1) is 17.8. The van der Waals surface area contributed by atoms with Gasteiger partial charge in [0, 0.05) is 11.1 Å². The second kappa shape index (κ2) is 7.45. The molecule has 2 amide bonds. The molecule has 3 rings (SSSR count). The van der Waals surface area contributed by atoms with Crippen molar-refractivity contribution in [3.05, 3.63) is 76.0 Å². The molecule has 0 aliphatic carbocycles. The van der Waals surface area contributed by atoms with Gasteiger partial charge in [-0.25, -0.2) is 9.37 Å². The van der Waals surface area contributed by atoms with Gasteiger partial charge in [0.2, 0.25) is 0 Å². The highest BCUT2D eigenvalue weighted by Gasteiger charge is 2.17.